The third-order valence-electron chi connectivity index (χ3n) is 3.40. The van der Waals surface area contributed by atoms with E-state index in [2.05, 4.69) is 4.99 Å². The van der Waals surface area contributed by atoms with Crippen LogP contribution in [0.1, 0.15) is 26.3 Å². The summed E-state index contributed by atoms with van der Waals surface area (Å²) < 4.78 is 0. The van der Waals surface area contributed by atoms with Gasteiger partial charge in [-0.15, -0.1) is 0 Å². The lowest BCUT2D eigenvalue weighted by Crippen LogP contribution is -2.16. The molecule has 1 aliphatic carbocycles. The van der Waals surface area contributed by atoms with E-state index in [1.807, 2.05) is 44.2 Å². The van der Waals surface area contributed by atoms with Crippen LogP contribution < -0.4 is 0 Å². The van der Waals surface area contributed by atoms with Gasteiger partial charge >= 0.3 is 0 Å². The molecular weight excluding hydrogens is 274 g/mol. The van der Waals surface area contributed by atoms with Crippen molar-refractivity contribution in [1.29, 1.82) is 0 Å². The highest BCUT2D eigenvalue weighted by Gasteiger charge is 2.18. The average Bonchev–Trinajstić information content (AvgIpc) is 2.48. The molecule has 0 saturated heterocycles. The number of hydrogen-bond donors (Lipinski definition) is 0. The van der Waals surface area contributed by atoms with E-state index in [0.717, 1.165) is 11.1 Å². The molecule has 0 atom stereocenters. The maximum absolute atomic E-state index is 12.0. The lowest BCUT2D eigenvalue weighted by atomic mass is 9.90. The number of nitrogens with zero attached hydrogens (tertiary/aromatic N) is 1. The van der Waals surface area contributed by atoms with Gasteiger partial charge in [-0.3, -0.25) is 9.59 Å². The van der Waals surface area contributed by atoms with Gasteiger partial charge in [0.2, 0.25) is 0 Å². The molecule has 0 aromatic heterocycles. The molecule has 0 N–H and O–H groups in total. The zero-order valence-electron chi connectivity index (χ0n) is 13.0. The SMILES string of the molecule is CC1=CC(=O)C(C(C)C)=CC1=NC(=O)/C=C/c1ccccc1. The maximum Gasteiger partial charge on any atom is 0.270 e. The van der Waals surface area contributed by atoms with Crippen molar-refractivity contribution in [3.8, 4) is 0 Å². The van der Waals surface area contributed by atoms with E-state index in [1.54, 1.807) is 25.2 Å². The summed E-state index contributed by atoms with van der Waals surface area (Å²) in [4.78, 5) is 28.0. The van der Waals surface area contributed by atoms with E-state index in [9.17, 15) is 9.59 Å². The molecular formula is C19H19NO2. The second kappa shape index (κ2) is 6.94. The summed E-state index contributed by atoms with van der Waals surface area (Å²) in [7, 11) is 0. The molecule has 3 heteroatoms. The minimum Gasteiger partial charge on any atom is -0.290 e. The first-order valence-corrected chi connectivity index (χ1v) is 7.27. The lowest BCUT2D eigenvalue weighted by molar-refractivity contribution is -0.113. The summed E-state index contributed by atoms with van der Waals surface area (Å²) in [5, 5.41) is 0. The molecule has 112 valence electrons. The molecule has 1 aromatic carbocycles. The van der Waals surface area contributed by atoms with Gasteiger partial charge in [0.25, 0.3) is 5.91 Å². The Morgan fingerprint density at radius 1 is 1.14 bits per heavy atom. The van der Waals surface area contributed by atoms with Crippen molar-refractivity contribution < 1.29 is 9.59 Å². The highest BCUT2D eigenvalue weighted by molar-refractivity contribution is 6.24. The molecule has 0 fully saturated rings. The molecule has 0 spiro atoms. The van der Waals surface area contributed by atoms with Crippen molar-refractivity contribution in [3.05, 3.63) is 65.3 Å². The Balaban J connectivity index is 2.20. The quantitative estimate of drug-likeness (QED) is 0.629. The third kappa shape index (κ3) is 3.98. The normalized spacial score (nSPS) is 17.1. The molecule has 1 aromatic rings. The first-order valence-electron chi connectivity index (χ1n) is 7.27. The van der Waals surface area contributed by atoms with Crippen LogP contribution >= 0.6 is 0 Å². The molecule has 0 saturated carbocycles. The number of ketones is 1. The highest BCUT2D eigenvalue weighted by Crippen LogP contribution is 2.19. The summed E-state index contributed by atoms with van der Waals surface area (Å²) >= 11 is 0. The first-order chi connectivity index (χ1) is 10.5. The number of allylic oxidation sites excluding steroid dienone is 4. The zero-order chi connectivity index (χ0) is 16.1. The fourth-order valence-electron chi connectivity index (χ4n) is 2.15. The largest absolute Gasteiger partial charge is 0.290 e. The number of carbonyl (C=O) groups is 2. The molecule has 1 aliphatic rings. The van der Waals surface area contributed by atoms with Gasteiger partial charge < -0.3 is 0 Å². The number of amides is 1. The summed E-state index contributed by atoms with van der Waals surface area (Å²) in [6, 6.07) is 9.57. The van der Waals surface area contributed by atoms with Crippen LogP contribution in [0, 0.1) is 5.92 Å². The van der Waals surface area contributed by atoms with Crippen LogP contribution in [-0.4, -0.2) is 17.4 Å². The van der Waals surface area contributed by atoms with Crippen LogP contribution in [0.3, 0.4) is 0 Å². The Hall–Kier alpha value is -2.55. The van der Waals surface area contributed by atoms with Gasteiger partial charge in [-0.25, -0.2) is 4.99 Å². The van der Waals surface area contributed by atoms with Crippen molar-refractivity contribution in [2.45, 2.75) is 20.8 Å². The predicted molar refractivity (Wildman–Crippen MR) is 89.6 cm³/mol. The highest BCUT2D eigenvalue weighted by atomic mass is 16.1. The molecule has 1 amide bonds. The van der Waals surface area contributed by atoms with Crippen molar-refractivity contribution in [2.24, 2.45) is 10.9 Å². The van der Waals surface area contributed by atoms with Crippen LogP contribution in [0.25, 0.3) is 6.08 Å². The van der Waals surface area contributed by atoms with Crippen molar-refractivity contribution in [2.75, 3.05) is 0 Å². The maximum atomic E-state index is 12.0. The van der Waals surface area contributed by atoms with Crippen LogP contribution in [-0.2, 0) is 9.59 Å². The topological polar surface area (TPSA) is 46.5 Å². The third-order valence-corrected chi connectivity index (χ3v) is 3.40. The van der Waals surface area contributed by atoms with E-state index in [0.29, 0.717) is 11.3 Å². The molecule has 0 heterocycles. The standard InChI is InChI=1S/C19H19NO2/c1-13(2)16-12-17(14(3)11-18(16)21)20-19(22)10-9-15-7-5-4-6-8-15/h4-13H,1-3H3/b10-9+,20-17?. The number of rotatable bonds is 3. The molecule has 0 aliphatic heterocycles. The fraction of sp³-hybridized carbons (Fsp3) is 0.211. The molecule has 0 bridgehead atoms. The summed E-state index contributed by atoms with van der Waals surface area (Å²) in [5.74, 6) is -0.226. The second-order valence-electron chi connectivity index (χ2n) is 5.53. The van der Waals surface area contributed by atoms with Gasteiger partial charge in [0, 0.05) is 11.6 Å². The van der Waals surface area contributed by atoms with Gasteiger partial charge in [0.05, 0.1) is 5.71 Å². The lowest BCUT2D eigenvalue weighted by Gasteiger charge is -2.14. The smallest absolute Gasteiger partial charge is 0.270 e. The average molecular weight is 293 g/mol. The number of carbonyl (C=O) groups excluding carboxylic acids is 2. The van der Waals surface area contributed by atoms with Gasteiger partial charge in [-0.1, -0.05) is 44.2 Å². The van der Waals surface area contributed by atoms with Crippen LogP contribution in [0.4, 0.5) is 0 Å². The molecule has 3 nitrogen and oxygen atoms in total. The van der Waals surface area contributed by atoms with Gasteiger partial charge in [0.1, 0.15) is 0 Å². The summed E-state index contributed by atoms with van der Waals surface area (Å²) in [6.45, 7) is 5.69. The molecule has 0 radical (unpaired) electrons. The summed E-state index contributed by atoms with van der Waals surface area (Å²) in [5.41, 5.74) is 2.91. The molecule has 0 unspecified atom stereocenters. The fourth-order valence-corrected chi connectivity index (χ4v) is 2.15. The minimum atomic E-state index is -0.333. The van der Waals surface area contributed by atoms with Crippen molar-refractivity contribution in [3.63, 3.8) is 0 Å². The Bertz CT molecular complexity index is 704. The number of hydrogen-bond acceptors (Lipinski definition) is 2. The van der Waals surface area contributed by atoms with E-state index in [4.69, 9.17) is 0 Å². The zero-order valence-corrected chi connectivity index (χ0v) is 13.0. The number of benzene rings is 1. The van der Waals surface area contributed by atoms with Gasteiger partial charge in [0.15, 0.2) is 5.78 Å². The Labute approximate surface area is 130 Å². The van der Waals surface area contributed by atoms with E-state index < -0.39 is 0 Å². The minimum absolute atomic E-state index is 0.00118. The van der Waals surface area contributed by atoms with E-state index in [-0.39, 0.29) is 17.6 Å². The van der Waals surface area contributed by atoms with Crippen LogP contribution in [0.2, 0.25) is 0 Å². The first kappa shape index (κ1) is 15.8. The predicted octanol–water partition coefficient (Wildman–Crippen LogP) is 3.78. The van der Waals surface area contributed by atoms with Crippen molar-refractivity contribution >= 4 is 23.5 Å². The van der Waals surface area contributed by atoms with Crippen LogP contribution in [0.15, 0.2) is 64.7 Å². The molecule has 22 heavy (non-hydrogen) atoms. The Morgan fingerprint density at radius 3 is 2.45 bits per heavy atom. The summed E-state index contributed by atoms with van der Waals surface area (Å²) in [6.07, 6.45) is 6.43. The number of aliphatic imine (C=N–C) groups is 1. The van der Waals surface area contributed by atoms with Gasteiger partial charge in [-0.2, -0.15) is 0 Å². The monoisotopic (exact) mass is 293 g/mol. The van der Waals surface area contributed by atoms with Gasteiger partial charge in [-0.05, 0) is 42.2 Å². The van der Waals surface area contributed by atoms with E-state index in [1.165, 1.54) is 6.08 Å². The Kier molecular flexibility index (Phi) is 4.99. The van der Waals surface area contributed by atoms with E-state index >= 15 is 0 Å². The Morgan fingerprint density at radius 2 is 1.82 bits per heavy atom. The van der Waals surface area contributed by atoms with Crippen LogP contribution in [0.5, 0.6) is 0 Å². The van der Waals surface area contributed by atoms with Crippen molar-refractivity contribution in [1.82, 2.24) is 0 Å². The second-order valence-corrected chi connectivity index (χ2v) is 5.53. The molecule has 2 rings (SSSR count).